The number of carbonyl (C=O) groups is 2. The van der Waals surface area contributed by atoms with Gasteiger partial charge in [0.25, 0.3) is 0 Å². The van der Waals surface area contributed by atoms with Crippen molar-refractivity contribution < 1.29 is 22.7 Å². The number of methoxy groups -OCH3 is 1. The Balaban J connectivity index is 2.42. The first-order valence-corrected chi connectivity index (χ1v) is 13.6. The molecule has 0 spiro atoms. The number of nitrogens with one attached hydrogen (secondary N) is 1. The number of nitrogens with zero attached hydrogens (tertiary/aromatic N) is 2. The van der Waals surface area contributed by atoms with E-state index in [9.17, 15) is 18.0 Å². The van der Waals surface area contributed by atoms with Gasteiger partial charge in [0.2, 0.25) is 21.8 Å². The fourth-order valence-electron chi connectivity index (χ4n) is 3.74. The zero-order valence-electron chi connectivity index (χ0n) is 21.4. The Morgan fingerprint density at radius 3 is 2.00 bits per heavy atom. The molecule has 0 radical (unpaired) electrons. The second-order valence-corrected chi connectivity index (χ2v) is 10.7. The van der Waals surface area contributed by atoms with Crippen molar-refractivity contribution >= 4 is 27.5 Å². The van der Waals surface area contributed by atoms with Gasteiger partial charge in [0.15, 0.2) is 0 Å². The summed E-state index contributed by atoms with van der Waals surface area (Å²) in [6.07, 6.45) is 2.27. The zero-order chi connectivity index (χ0) is 26.2. The third kappa shape index (κ3) is 7.99. The lowest BCUT2D eigenvalue weighted by atomic mass is 10.1. The second-order valence-electron chi connectivity index (χ2n) is 8.75. The number of sulfonamides is 1. The Kier molecular flexibility index (Phi) is 10.1. The topological polar surface area (TPSA) is 96.0 Å². The summed E-state index contributed by atoms with van der Waals surface area (Å²) >= 11 is 0. The maximum Gasteiger partial charge on any atom is 0.244 e. The average molecular weight is 504 g/mol. The molecule has 2 aromatic carbocycles. The number of carbonyl (C=O) groups excluding carboxylic acids is 2. The van der Waals surface area contributed by atoms with Crippen LogP contribution >= 0.6 is 0 Å². The molecule has 0 aliphatic carbocycles. The van der Waals surface area contributed by atoms with Crippen molar-refractivity contribution in [2.24, 2.45) is 0 Å². The molecule has 1 N–H and O–H groups in total. The van der Waals surface area contributed by atoms with Crippen LogP contribution in [0.3, 0.4) is 0 Å². The van der Waals surface area contributed by atoms with Gasteiger partial charge in [-0.15, -0.1) is 0 Å². The van der Waals surface area contributed by atoms with Crippen LogP contribution in [0.25, 0.3) is 0 Å². The number of hydrogen-bond donors (Lipinski definition) is 1. The summed E-state index contributed by atoms with van der Waals surface area (Å²) in [5.74, 6) is -0.0610. The van der Waals surface area contributed by atoms with E-state index in [0.717, 1.165) is 28.1 Å². The van der Waals surface area contributed by atoms with Gasteiger partial charge in [0.1, 0.15) is 18.3 Å². The predicted octanol–water partition coefficient (Wildman–Crippen LogP) is 3.36. The smallest absolute Gasteiger partial charge is 0.244 e. The minimum Gasteiger partial charge on any atom is -0.497 e. The van der Waals surface area contributed by atoms with Crippen LogP contribution < -0.4 is 14.4 Å². The number of anilines is 1. The van der Waals surface area contributed by atoms with Gasteiger partial charge in [-0.1, -0.05) is 38.1 Å². The van der Waals surface area contributed by atoms with E-state index in [1.807, 2.05) is 52.0 Å². The maximum absolute atomic E-state index is 13.6. The maximum atomic E-state index is 13.6. The monoisotopic (exact) mass is 503 g/mol. The second kappa shape index (κ2) is 12.6. The highest BCUT2D eigenvalue weighted by Crippen LogP contribution is 2.21. The van der Waals surface area contributed by atoms with Crippen molar-refractivity contribution in [2.75, 3.05) is 24.2 Å². The fourth-order valence-corrected chi connectivity index (χ4v) is 4.59. The average Bonchev–Trinajstić information content (AvgIpc) is 2.81. The summed E-state index contributed by atoms with van der Waals surface area (Å²) in [6, 6.07) is 13.4. The summed E-state index contributed by atoms with van der Waals surface area (Å²) in [4.78, 5) is 28.1. The zero-order valence-corrected chi connectivity index (χ0v) is 22.3. The van der Waals surface area contributed by atoms with Crippen molar-refractivity contribution in [3.63, 3.8) is 0 Å². The number of hydrogen-bond acceptors (Lipinski definition) is 5. The molecule has 2 rings (SSSR count). The molecule has 192 valence electrons. The summed E-state index contributed by atoms with van der Waals surface area (Å²) in [6.45, 7) is 7.29. The molecule has 0 bridgehead atoms. The molecule has 0 fully saturated rings. The number of rotatable bonds is 12. The molecule has 0 saturated carbocycles. The van der Waals surface area contributed by atoms with E-state index >= 15 is 0 Å². The highest BCUT2D eigenvalue weighted by Gasteiger charge is 2.32. The summed E-state index contributed by atoms with van der Waals surface area (Å²) < 4.78 is 31.6. The summed E-state index contributed by atoms with van der Waals surface area (Å²) in [7, 11) is -2.18. The van der Waals surface area contributed by atoms with Gasteiger partial charge in [-0.3, -0.25) is 13.9 Å². The summed E-state index contributed by atoms with van der Waals surface area (Å²) in [5.41, 5.74) is 2.27. The van der Waals surface area contributed by atoms with E-state index in [-0.39, 0.29) is 18.5 Å². The Morgan fingerprint density at radius 2 is 1.54 bits per heavy atom. The number of aryl methyl sites for hydroxylation is 1. The van der Waals surface area contributed by atoms with Crippen LogP contribution in [0, 0.1) is 0 Å². The van der Waals surface area contributed by atoms with E-state index in [4.69, 9.17) is 4.74 Å². The van der Waals surface area contributed by atoms with Crippen molar-refractivity contribution in [1.29, 1.82) is 0 Å². The Hall–Kier alpha value is -3.07. The lowest BCUT2D eigenvalue weighted by Gasteiger charge is -2.33. The van der Waals surface area contributed by atoms with E-state index in [1.165, 1.54) is 4.90 Å². The highest BCUT2D eigenvalue weighted by atomic mass is 32.2. The van der Waals surface area contributed by atoms with Crippen LogP contribution in [0.4, 0.5) is 5.69 Å². The predicted molar refractivity (Wildman–Crippen MR) is 139 cm³/mol. The minimum atomic E-state index is -3.75. The summed E-state index contributed by atoms with van der Waals surface area (Å²) in [5, 5.41) is 2.88. The molecule has 1 unspecified atom stereocenters. The van der Waals surface area contributed by atoms with E-state index in [1.54, 1.807) is 31.4 Å². The lowest BCUT2D eigenvalue weighted by molar-refractivity contribution is -0.140. The van der Waals surface area contributed by atoms with Crippen molar-refractivity contribution in [1.82, 2.24) is 10.2 Å². The fraction of sp³-hybridized carbons (Fsp3) is 0.462. The van der Waals surface area contributed by atoms with Gasteiger partial charge in [0.05, 0.1) is 19.1 Å². The van der Waals surface area contributed by atoms with Gasteiger partial charge in [-0.05, 0) is 62.1 Å². The molecule has 0 aliphatic heterocycles. The molecule has 9 heteroatoms. The van der Waals surface area contributed by atoms with Crippen molar-refractivity contribution in [3.05, 3.63) is 59.7 Å². The molecule has 35 heavy (non-hydrogen) atoms. The molecular weight excluding hydrogens is 466 g/mol. The first-order valence-electron chi connectivity index (χ1n) is 11.8. The molecule has 0 heterocycles. The van der Waals surface area contributed by atoms with Crippen LogP contribution in [0.5, 0.6) is 5.75 Å². The van der Waals surface area contributed by atoms with Crippen molar-refractivity contribution in [3.8, 4) is 5.75 Å². The molecule has 1 atom stereocenters. The van der Waals surface area contributed by atoms with Gasteiger partial charge in [-0.2, -0.15) is 0 Å². The largest absolute Gasteiger partial charge is 0.497 e. The molecule has 0 aromatic heterocycles. The standard InChI is InChI=1S/C26H37N3O5S/c1-7-20-9-13-22(14-10-20)29(35(6,32)33)18-25(30)28(24(8-2)26(31)27-19(3)4)17-21-11-15-23(34-5)16-12-21/h9-16,19,24H,7-8,17-18H2,1-6H3,(H,27,31). The van der Waals surface area contributed by atoms with E-state index in [2.05, 4.69) is 5.32 Å². The van der Waals surface area contributed by atoms with Gasteiger partial charge in [0, 0.05) is 12.6 Å². The number of amides is 2. The van der Waals surface area contributed by atoms with Crippen molar-refractivity contribution in [2.45, 2.75) is 59.2 Å². The lowest BCUT2D eigenvalue weighted by Crippen LogP contribution is -2.53. The van der Waals surface area contributed by atoms with Gasteiger partial charge >= 0.3 is 0 Å². The molecular formula is C26H37N3O5S. The van der Waals surface area contributed by atoms with E-state index in [0.29, 0.717) is 17.9 Å². The molecule has 0 saturated heterocycles. The van der Waals surface area contributed by atoms with Crippen LogP contribution in [-0.2, 0) is 32.6 Å². The van der Waals surface area contributed by atoms with E-state index < -0.39 is 28.5 Å². The Bertz CT molecular complexity index is 1080. The SMILES string of the molecule is CCc1ccc(N(CC(=O)N(Cc2ccc(OC)cc2)C(CC)C(=O)NC(C)C)S(C)(=O)=O)cc1. The van der Waals surface area contributed by atoms with Crippen LogP contribution in [0.2, 0.25) is 0 Å². The quantitative estimate of drug-likeness (QED) is 0.479. The minimum absolute atomic E-state index is 0.0981. The molecule has 0 aliphatic rings. The first kappa shape index (κ1) is 28.2. The van der Waals surface area contributed by atoms with Crippen LogP contribution in [0.15, 0.2) is 48.5 Å². The van der Waals surface area contributed by atoms with Crippen LogP contribution in [0.1, 0.15) is 45.2 Å². The van der Waals surface area contributed by atoms with Gasteiger partial charge in [-0.25, -0.2) is 8.42 Å². The van der Waals surface area contributed by atoms with Gasteiger partial charge < -0.3 is 15.0 Å². The third-order valence-electron chi connectivity index (χ3n) is 5.64. The number of benzene rings is 2. The normalized spacial score (nSPS) is 12.2. The Morgan fingerprint density at radius 1 is 0.971 bits per heavy atom. The molecule has 8 nitrogen and oxygen atoms in total. The van der Waals surface area contributed by atoms with Crippen LogP contribution in [-0.4, -0.2) is 57.1 Å². The third-order valence-corrected chi connectivity index (χ3v) is 6.78. The Labute approximate surface area is 209 Å². The molecule has 2 aromatic rings. The highest BCUT2D eigenvalue weighted by molar-refractivity contribution is 7.92. The molecule has 2 amide bonds. The number of ether oxygens (including phenoxy) is 1. The first-order chi connectivity index (χ1) is 16.5.